The third kappa shape index (κ3) is 7.18. The minimum Gasteiger partial charge on any atom is -0.423 e. The molecule has 0 amide bonds. The minimum absolute atomic E-state index is 0.347. The van der Waals surface area contributed by atoms with Gasteiger partial charge in [0.25, 0.3) is 0 Å². The van der Waals surface area contributed by atoms with Crippen molar-refractivity contribution >= 4 is 5.97 Å². The first-order valence-corrected chi connectivity index (χ1v) is 12.3. The molecule has 32 heavy (non-hydrogen) atoms. The summed E-state index contributed by atoms with van der Waals surface area (Å²) in [7, 11) is 0. The van der Waals surface area contributed by atoms with E-state index in [1.807, 2.05) is 25.1 Å². The summed E-state index contributed by atoms with van der Waals surface area (Å²) in [6.45, 7) is 7.87. The highest BCUT2D eigenvalue weighted by atomic mass is 16.7. The molecule has 4 nitrogen and oxygen atoms in total. The van der Waals surface area contributed by atoms with E-state index >= 15 is 0 Å². The second-order valence-electron chi connectivity index (χ2n) is 8.93. The summed E-state index contributed by atoms with van der Waals surface area (Å²) in [6.07, 6.45) is 9.24. The van der Waals surface area contributed by atoms with Crippen LogP contribution in [0.1, 0.15) is 92.1 Å². The Morgan fingerprint density at radius 2 is 1.62 bits per heavy atom. The van der Waals surface area contributed by atoms with Crippen LogP contribution in [0.2, 0.25) is 0 Å². The second kappa shape index (κ2) is 12.8. The van der Waals surface area contributed by atoms with Gasteiger partial charge in [-0.15, -0.1) is 0 Å². The van der Waals surface area contributed by atoms with E-state index in [1.165, 1.54) is 44.1 Å². The SMILES string of the molecule is CCCCCc1ccc(OC(=O)c2ccc(C3OCC(CCCCC)CO3)cc2)c(C)c1. The molecule has 1 aliphatic rings. The van der Waals surface area contributed by atoms with Gasteiger partial charge in [0.15, 0.2) is 6.29 Å². The van der Waals surface area contributed by atoms with E-state index in [4.69, 9.17) is 14.2 Å². The first kappa shape index (κ1) is 24.5. The Hall–Kier alpha value is -2.17. The van der Waals surface area contributed by atoms with Crippen LogP contribution < -0.4 is 4.74 Å². The standard InChI is InChI=1S/C28H38O4/c1-4-6-8-10-22-12-17-26(21(3)18-22)32-27(29)24-13-15-25(16-14-24)28-30-19-23(20-31-28)11-9-7-5-2/h12-18,23,28H,4-11,19-20H2,1-3H3. The molecule has 174 valence electrons. The molecule has 0 N–H and O–H groups in total. The van der Waals surface area contributed by atoms with Crippen molar-refractivity contribution < 1.29 is 19.0 Å². The minimum atomic E-state index is -0.356. The Kier molecular flexibility index (Phi) is 9.76. The quantitative estimate of drug-likeness (QED) is 0.212. The zero-order valence-corrected chi connectivity index (χ0v) is 19.9. The number of hydrogen-bond donors (Lipinski definition) is 0. The molecule has 0 aromatic heterocycles. The molecular weight excluding hydrogens is 400 g/mol. The zero-order valence-electron chi connectivity index (χ0n) is 19.9. The zero-order chi connectivity index (χ0) is 22.8. The van der Waals surface area contributed by atoms with Crippen LogP contribution in [0.25, 0.3) is 0 Å². The van der Waals surface area contributed by atoms with Gasteiger partial charge in [0.1, 0.15) is 5.75 Å². The number of carbonyl (C=O) groups is 1. The number of aryl methyl sites for hydroxylation is 2. The van der Waals surface area contributed by atoms with Crippen molar-refractivity contribution in [3.8, 4) is 5.75 Å². The highest BCUT2D eigenvalue weighted by Gasteiger charge is 2.23. The summed E-state index contributed by atoms with van der Waals surface area (Å²) in [5.41, 5.74) is 3.73. The van der Waals surface area contributed by atoms with E-state index in [0.717, 1.165) is 37.2 Å². The molecule has 0 atom stereocenters. The third-order valence-electron chi connectivity index (χ3n) is 6.11. The number of rotatable bonds is 11. The monoisotopic (exact) mass is 438 g/mol. The Balaban J connectivity index is 1.51. The lowest BCUT2D eigenvalue weighted by molar-refractivity contribution is -0.206. The molecule has 1 aliphatic heterocycles. The van der Waals surface area contributed by atoms with E-state index in [-0.39, 0.29) is 12.3 Å². The topological polar surface area (TPSA) is 44.8 Å². The molecule has 1 saturated heterocycles. The van der Waals surface area contributed by atoms with Crippen molar-refractivity contribution in [3.63, 3.8) is 0 Å². The van der Waals surface area contributed by atoms with Crippen molar-refractivity contribution in [3.05, 3.63) is 64.7 Å². The first-order chi connectivity index (χ1) is 15.6. The van der Waals surface area contributed by atoms with Gasteiger partial charge >= 0.3 is 5.97 Å². The molecule has 4 heteroatoms. The average molecular weight is 439 g/mol. The lowest BCUT2D eigenvalue weighted by atomic mass is 10.0. The molecule has 2 aromatic carbocycles. The molecule has 2 aromatic rings. The van der Waals surface area contributed by atoms with Gasteiger partial charge in [0.2, 0.25) is 0 Å². The van der Waals surface area contributed by atoms with Gasteiger partial charge in [-0.05, 0) is 55.5 Å². The predicted molar refractivity (Wildman–Crippen MR) is 128 cm³/mol. The van der Waals surface area contributed by atoms with E-state index in [1.54, 1.807) is 12.1 Å². The van der Waals surface area contributed by atoms with Crippen LogP contribution in [-0.4, -0.2) is 19.2 Å². The van der Waals surface area contributed by atoms with E-state index in [9.17, 15) is 4.79 Å². The molecule has 0 aliphatic carbocycles. The summed E-state index contributed by atoms with van der Waals surface area (Å²) in [4.78, 5) is 12.6. The maximum atomic E-state index is 12.6. The van der Waals surface area contributed by atoms with Gasteiger partial charge < -0.3 is 14.2 Å². The fourth-order valence-corrected chi connectivity index (χ4v) is 4.08. The fraction of sp³-hybridized carbons (Fsp3) is 0.536. The summed E-state index contributed by atoms with van der Waals surface area (Å²) in [5.74, 6) is 0.750. The number of benzene rings is 2. The summed E-state index contributed by atoms with van der Waals surface area (Å²) in [5, 5.41) is 0. The Morgan fingerprint density at radius 1 is 0.938 bits per heavy atom. The molecule has 1 fully saturated rings. The smallest absolute Gasteiger partial charge is 0.343 e. The Bertz CT molecular complexity index is 835. The van der Waals surface area contributed by atoms with Crippen LogP contribution in [0, 0.1) is 12.8 Å². The number of unbranched alkanes of at least 4 members (excludes halogenated alkanes) is 4. The van der Waals surface area contributed by atoms with Crippen molar-refractivity contribution in [1.29, 1.82) is 0 Å². The molecular formula is C28H38O4. The van der Waals surface area contributed by atoms with Gasteiger partial charge in [-0.2, -0.15) is 0 Å². The maximum absolute atomic E-state index is 12.6. The van der Waals surface area contributed by atoms with E-state index in [2.05, 4.69) is 26.0 Å². The average Bonchev–Trinajstić information content (AvgIpc) is 2.82. The highest BCUT2D eigenvalue weighted by Crippen LogP contribution is 2.28. The second-order valence-corrected chi connectivity index (χ2v) is 8.93. The van der Waals surface area contributed by atoms with Crippen LogP contribution in [0.5, 0.6) is 5.75 Å². The molecule has 0 saturated carbocycles. The molecule has 0 bridgehead atoms. The number of esters is 1. The highest BCUT2D eigenvalue weighted by molar-refractivity contribution is 5.91. The lowest BCUT2D eigenvalue weighted by Gasteiger charge is -2.29. The maximum Gasteiger partial charge on any atom is 0.343 e. The lowest BCUT2D eigenvalue weighted by Crippen LogP contribution is -2.27. The van der Waals surface area contributed by atoms with Crippen molar-refractivity contribution in [1.82, 2.24) is 0 Å². The predicted octanol–water partition coefficient (Wildman–Crippen LogP) is 7.19. The number of carbonyl (C=O) groups excluding carboxylic acids is 1. The normalized spacial score (nSPS) is 18.5. The van der Waals surface area contributed by atoms with Gasteiger partial charge in [-0.25, -0.2) is 4.79 Å². The van der Waals surface area contributed by atoms with Crippen LogP contribution in [0.4, 0.5) is 0 Å². The summed E-state index contributed by atoms with van der Waals surface area (Å²) < 4.78 is 17.5. The Labute approximate surface area is 193 Å². The van der Waals surface area contributed by atoms with Crippen LogP contribution in [-0.2, 0) is 15.9 Å². The molecule has 1 heterocycles. The molecule has 0 unspecified atom stereocenters. The Morgan fingerprint density at radius 3 is 2.28 bits per heavy atom. The van der Waals surface area contributed by atoms with Crippen molar-refractivity contribution in [2.45, 2.75) is 78.4 Å². The van der Waals surface area contributed by atoms with Gasteiger partial charge in [-0.3, -0.25) is 0 Å². The molecule has 0 radical (unpaired) electrons. The van der Waals surface area contributed by atoms with Crippen molar-refractivity contribution in [2.75, 3.05) is 13.2 Å². The van der Waals surface area contributed by atoms with Crippen LogP contribution in [0.3, 0.4) is 0 Å². The third-order valence-corrected chi connectivity index (χ3v) is 6.11. The number of hydrogen-bond acceptors (Lipinski definition) is 4. The van der Waals surface area contributed by atoms with E-state index in [0.29, 0.717) is 17.2 Å². The van der Waals surface area contributed by atoms with Crippen LogP contribution in [0.15, 0.2) is 42.5 Å². The van der Waals surface area contributed by atoms with Crippen molar-refractivity contribution in [2.24, 2.45) is 5.92 Å². The summed E-state index contributed by atoms with van der Waals surface area (Å²) >= 11 is 0. The van der Waals surface area contributed by atoms with Gasteiger partial charge in [0.05, 0.1) is 18.8 Å². The van der Waals surface area contributed by atoms with Crippen LogP contribution >= 0.6 is 0 Å². The largest absolute Gasteiger partial charge is 0.423 e. The van der Waals surface area contributed by atoms with Gasteiger partial charge in [-0.1, -0.05) is 70.2 Å². The molecule has 0 spiro atoms. The first-order valence-electron chi connectivity index (χ1n) is 12.3. The number of ether oxygens (including phenoxy) is 3. The van der Waals surface area contributed by atoms with E-state index < -0.39 is 0 Å². The fourth-order valence-electron chi connectivity index (χ4n) is 4.08. The van der Waals surface area contributed by atoms with Gasteiger partial charge in [0, 0.05) is 11.5 Å². The molecule has 3 rings (SSSR count). The summed E-state index contributed by atoms with van der Waals surface area (Å²) in [6, 6.07) is 13.4.